The fourth-order valence-corrected chi connectivity index (χ4v) is 4.18. The van der Waals surface area contributed by atoms with Crippen LogP contribution in [0.3, 0.4) is 0 Å². The Morgan fingerprint density at radius 1 is 1.18 bits per heavy atom. The van der Waals surface area contributed by atoms with Crippen LogP contribution in [0.2, 0.25) is 0 Å². The van der Waals surface area contributed by atoms with Crippen molar-refractivity contribution in [1.29, 1.82) is 0 Å². The minimum absolute atomic E-state index is 0.260. The molecule has 3 heterocycles. The highest BCUT2D eigenvalue weighted by Gasteiger charge is 2.25. The van der Waals surface area contributed by atoms with Crippen molar-refractivity contribution in [2.75, 3.05) is 6.54 Å². The van der Waals surface area contributed by atoms with E-state index >= 15 is 0 Å². The number of aliphatic hydroxyl groups is 1. The number of hydrogen-bond donors (Lipinski definition) is 2. The molecule has 1 aliphatic rings. The highest BCUT2D eigenvalue weighted by atomic mass is 16.5. The summed E-state index contributed by atoms with van der Waals surface area (Å²) < 4.78 is 11.7. The van der Waals surface area contributed by atoms with Gasteiger partial charge in [-0.1, -0.05) is 12.1 Å². The number of esters is 1. The van der Waals surface area contributed by atoms with E-state index in [1.807, 2.05) is 31.2 Å². The monoisotopic (exact) mass is 445 g/mol. The van der Waals surface area contributed by atoms with Gasteiger partial charge in [-0.15, -0.1) is 0 Å². The number of carbonyl (C=O) groups excluding carboxylic acids is 1. The van der Waals surface area contributed by atoms with Crippen molar-refractivity contribution in [2.24, 2.45) is 7.05 Å². The number of benzene rings is 2. The van der Waals surface area contributed by atoms with Gasteiger partial charge in [0, 0.05) is 37.5 Å². The van der Waals surface area contributed by atoms with Gasteiger partial charge in [0.25, 0.3) is 0 Å². The van der Waals surface area contributed by atoms with Crippen molar-refractivity contribution in [2.45, 2.75) is 26.2 Å². The second-order valence-electron chi connectivity index (χ2n) is 8.19. The van der Waals surface area contributed by atoms with Gasteiger partial charge in [0.15, 0.2) is 5.58 Å². The molecule has 1 aliphatic heterocycles. The lowest BCUT2D eigenvalue weighted by molar-refractivity contribution is 0.0535. The van der Waals surface area contributed by atoms with Crippen molar-refractivity contribution in [3.05, 3.63) is 87.0 Å². The van der Waals surface area contributed by atoms with Gasteiger partial charge in [0.05, 0.1) is 22.9 Å². The van der Waals surface area contributed by atoms with Crippen molar-refractivity contribution in [1.82, 2.24) is 14.9 Å². The number of hydrogen-bond acceptors (Lipinski definition) is 7. The van der Waals surface area contributed by atoms with Crippen LogP contribution in [-0.2, 0) is 24.9 Å². The first-order valence-electron chi connectivity index (χ1n) is 10.7. The summed E-state index contributed by atoms with van der Waals surface area (Å²) in [5.74, 6) is -0.701. The number of aryl methyl sites for hydroxylation is 1. The topological polar surface area (TPSA) is 107 Å². The Labute approximate surface area is 189 Å². The number of rotatable bonds is 6. The predicted octanol–water partition coefficient (Wildman–Crippen LogP) is 3.00. The SMILES string of the molecule is Cc1c(C(O)CNCc2ccc(-c3ccc4oc(=O)n(C)c4c3)nc2)ccc2c1COC2=O. The number of cyclic esters (lactones) is 1. The van der Waals surface area contributed by atoms with Crippen LogP contribution in [0.25, 0.3) is 22.4 Å². The summed E-state index contributed by atoms with van der Waals surface area (Å²) in [7, 11) is 1.67. The summed E-state index contributed by atoms with van der Waals surface area (Å²) in [4.78, 5) is 27.9. The lowest BCUT2D eigenvalue weighted by Gasteiger charge is -2.16. The molecular weight excluding hydrogens is 422 g/mol. The molecule has 2 aromatic heterocycles. The average molecular weight is 445 g/mol. The molecule has 4 aromatic rings. The van der Waals surface area contributed by atoms with Gasteiger partial charge in [0.2, 0.25) is 0 Å². The van der Waals surface area contributed by atoms with E-state index in [9.17, 15) is 14.7 Å². The van der Waals surface area contributed by atoms with Gasteiger partial charge in [-0.25, -0.2) is 9.59 Å². The molecule has 0 bridgehead atoms. The first-order valence-corrected chi connectivity index (χ1v) is 10.7. The van der Waals surface area contributed by atoms with Gasteiger partial charge >= 0.3 is 11.7 Å². The third kappa shape index (κ3) is 3.83. The molecule has 2 N–H and O–H groups in total. The Hall–Kier alpha value is -3.75. The molecule has 8 heteroatoms. The summed E-state index contributed by atoms with van der Waals surface area (Å²) in [6, 6.07) is 12.9. The molecule has 0 saturated heterocycles. The molecule has 0 aliphatic carbocycles. The molecule has 0 amide bonds. The van der Waals surface area contributed by atoms with Gasteiger partial charge in [-0.2, -0.15) is 0 Å². The number of ether oxygens (including phenoxy) is 1. The van der Waals surface area contributed by atoms with Crippen LogP contribution in [0.15, 0.2) is 57.9 Å². The quantitative estimate of drug-likeness (QED) is 0.440. The van der Waals surface area contributed by atoms with Crippen LogP contribution in [0.5, 0.6) is 0 Å². The normalized spacial score (nSPS) is 13.8. The number of pyridine rings is 1. The largest absolute Gasteiger partial charge is 0.457 e. The van der Waals surface area contributed by atoms with Gasteiger partial charge in [-0.3, -0.25) is 9.55 Å². The van der Waals surface area contributed by atoms with Crippen LogP contribution < -0.4 is 11.1 Å². The summed E-state index contributed by atoms with van der Waals surface area (Å²) in [6.45, 7) is 3.07. The lowest BCUT2D eigenvalue weighted by atomic mass is 9.95. The molecular formula is C25H23N3O5. The molecule has 5 rings (SSSR count). The summed E-state index contributed by atoms with van der Waals surface area (Å²) in [5, 5.41) is 13.9. The van der Waals surface area contributed by atoms with Crippen LogP contribution >= 0.6 is 0 Å². The molecule has 2 aromatic carbocycles. The summed E-state index contributed by atoms with van der Waals surface area (Å²) in [6.07, 6.45) is 1.09. The zero-order chi connectivity index (χ0) is 23.1. The number of nitrogens with one attached hydrogen (secondary N) is 1. The second-order valence-corrected chi connectivity index (χ2v) is 8.19. The molecule has 0 fully saturated rings. The number of nitrogens with zero attached hydrogens (tertiary/aromatic N) is 2. The third-order valence-corrected chi connectivity index (χ3v) is 6.15. The molecule has 33 heavy (non-hydrogen) atoms. The average Bonchev–Trinajstić information content (AvgIpc) is 3.34. The van der Waals surface area contributed by atoms with Gasteiger partial charge in [0.1, 0.15) is 6.61 Å². The Kier molecular flexibility index (Phi) is 5.32. The number of oxazole rings is 1. The van der Waals surface area contributed by atoms with Crippen molar-refractivity contribution in [3.63, 3.8) is 0 Å². The maximum Gasteiger partial charge on any atom is 0.419 e. The predicted molar refractivity (Wildman–Crippen MR) is 122 cm³/mol. The van der Waals surface area contributed by atoms with Crippen molar-refractivity contribution in [3.8, 4) is 11.3 Å². The van der Waals surface area contributed by atoms with E-state index in [4.69, 9.17) is 9.15 Å². The Balaban J connectivity index is 1.23. The van der Waals surface area contributed by atoms with Gasteiger partial charge in [-0.05, 0) is 53.9 Å². The maximum absolute atomic E-state index is 11.7. The highest BCUT2D eigenvalue weighted by Crippen LogP contribution is 2.29. The minimum atomic E-state index is -0.702. The minimum Gasteiger partial charge on any atom is -0.457 e. The summed E-state index contributed by atoms with van der Waals surface area (Å²) >= 11 is 0. The first kappa shape index (κ1) is 21.1. The second kappa shape index (κ2) is 8.31. The number of aromatic nitrogens is 2. The van der Waals surface area contributed by atoms with E-state index in [0.717, 1.165) is 39.0 Å². The smallest absolute Gasteiger partial charge is 0.419 e. The van der Waals surface area contributed by atoms with Crippen molar-refractivity contribution < 1.29 is 19.1 Å². The van der Waals surface area contributed by atoms with E-state index in [-0.39, 0.29) is 12.6 Å². The lowest BCUT2D eigenvalue weighted by Crippen LogP contribution is -2.22. The zero-order valence-corrected chi connectivity index (χ0v) is 18.3. The molecule has 0 saturated carbocycles. The zero-order valence-electron chi connectivity index (χ0n) is 18.3. The maximum atomic E-state index is 11.7. The van der Waals surface area contributed by atoms with E-state index < -0.39 is 11.9 Å². The van der Waals surface area contributed by atoms with Gasteiger partial charge < -0.3 is 19.6 Å². The van der Waals surface area contributed by atoms with E-state index in [0.29, 0.717) is 24.2 Å². The molecule has 8 nitrogen and oxygen atoms in total. The Morgan fingerprint density at radius 3 is 2.82 bits per heavy atom. The number of fused-ring (bicyclic) bond motifs is 2. The molecule has 1 unspecified atom stereocenters. The first-order chi connectivity index (χ1) is 15.9. The Morgan fingerprint density at radius 2 is 2.03 bits per heavy atom. The van der Waals surface area contributed by atoms with Crippen molar-refractivity contribution >= 4 is 17.1 Å². The van der Waals surface area contributed by atoms with Crippen LogP contribution in [0.1, 0.15) is 38.7 Å². The summed E-state index contributed by atoms with van der Waals surface area (Å²) in [5.41, 5.74) is 7.04. The van der Waals surface area contributed by atoms with Crippen LogP contribution in [0, 0.1) is 6.92 Å². The highest BCUT2D eigenvalue weighted by molar-refractivity contribution is 5.94. The fraction of sp³-hybridized carbons (Fsp3) is 0.240. The number of aliphatic hydroxyl groups excluding tert-OH is 1. The van der Waals surface area contributed by atoms with E-state index in [2.05, 4.69) is 10.3 Å². The molecule has 0 spiro atoms. The van der Waals surface area contributed by atoms with E-state index in [1.54, 1.807) is 31.4 Å². The molecule has 0 radical (unpaired) electrons. The third-order valence-electron chi connectivity index (χ3n) is 6.15. The molecule has 1 atom stereocenters. The standard InChI is InChI=1S/C25H23N3O5/c1-14-17(5-6-18-19(14)13-32-24(18)30)22(29)12-26-10-15-3-7-20(27-11-15)16-4-8-23-21(9-16)28(2)25(31)33-23/h3-9,11,22,26,29H,10,12-13H2,1-2H3. The fourth-order valence-electron chi connectivity index (χ4n) is 4.18. The Bertz CT molecular complexity index is 1420. The number of carbonyl (C=O) groups is 1. The van der Waals surface area contributed by atoms with Crippen LogP contribution in [0.4, 0.5) is 0 Å². The van der Waals surface area contributed by atoms with Crippen LogP contribution in [-0.4, -0.2) is 27.2 Å². The molecule has 168 valence electrons. The van der Waals surface area contributed by atoms with E-state index in [1.165, 1.54) is 4.57 Å².